The predicted molar refractivity (Wildman–Crippen MR) is 61.3 cm³/mol. The number of rotatable bonds is 5. The van der Waals surface area contributed by atoms with Gasteiger partial charge in [0.25, 0.3) is 0 Å². The SMILES string of the molecule is CCOc1ccccc1CC(C)C(=O)Cl. The lowest BCUT2D eigenvalue weighted by Crippen LogP contribution is -2.08. The van der Waals surface area contributed by atoms with E-state index in [1.54, 1.807) is 0 Å². The van der Waals surface area contributed by atoms with Gasteiger partial charge in [0.2, 0.25) is 5.24 Å². The molecule has 15 heavy (non-hydrogen) atoms. The van der Waals surface area contributed by atoms with Gasteiger partial charge >= 0.3 is 0 Å². The average Bonchev–Trinajstić information content (AvgIpc) is 2.21. The van der Waals surface area contributed by atoms with Crippen LogP contribution in [-0.4, -0.2) is 11.8 Å². The van der Waals surface area contributed by atoms with E-state index in [9.17, 15) is 4.79 Å². The summed E-state index contributed by atoms with van der Waals surface area (Å²) in [4.78, 5) is 10.9. The van der Waals surface area contributed by atoms with Crippen LogP contribution in [0, 0.1) is 5.92 Å². The highest BCUT2D eigenvalue weighted by Gasteiger charge is 2.13. The molecule has 0 fully saturated rings. The molecule has 0 aromatic heterocycles. The largest absolute Gasteiger partial charge is 0.494 e. The standard InChI is InChI=1S/C12H15ClO2/c1-3-15-11-7-5-4-6-10(11)8-9(2)12(13)14/h4-7,9H,3,8H2,1-2H3. The summed E-state index contributed by atoms with van der Waals surface area (Å²) < 4.78 is 5.46. The summed E-state index contributed by atoms with van der Waals surface area (Å²) in [6.07, 6.45) is 0.624. The van der Waals surface area contributed by atoms with Crippen molar-refractivity contribution >= 4 is 16.8 Å². The van der Waals surface area contributed by atoms with Gasteiger partial charge in [-0.15, -0.1) is 0 Å². The van der Waals surface area contributed by atoms with Crippen molar-refractivity contribution in [3.05, 3.63) is 29.8 Å². The van der Waals surface area contributed by atoms with E-state index in [2.05, 4.69) is 0 Å². The maximum Gasteiger partial charge on any atom is 0.224 e. The zero-order valence-corrected chi connectivity index (χ0v) is 9.75. The molecule has 0 bridgehead atoms. The molecule has 82 valence electrons. The minimum absolute atomic E-state index is 0.173. The zero-order valence-electron chi connectivity index (χ0n) is 9.00. The molecule has 2 nitrogen and oxygen atoms in total. The number of benzene rings is 1. The van der Waals surface area contributed by atoms with Crippen molar-refractivity contribution in [1.82, 2.24) is 0 Å². The summed E-state index contributed by atoms with van der Waals surface area (Å²) in [5.41, 5.74) is 1.03. The van der Waals surface area contributed by atoms with E-state index in [1.807, 2.05) is 38.1 Å². The van der Waals surface area contributed by atoms with Gasteiger partial charge in [-0.3, -0.25) is 4.79 Å². The minimum atomic E-state index is -0.304. The van der Waals surface area contributed by atoms with Crippen LogP contribution in [0.25, 0.3) is 0 Å². The van der Waals surface area contributed by atoms with Gasteiger partial charge < -0.3 is 4.74 Å². The second-order valence-corrected chi connectivity index (χ2v) is 3.82. The van der Waals surface area contributed by atoms with E-state index in [-0.39, 0.29) is 11.2 Å². The number of para-hydroxylation sites is 1. The molecular weight excluding hydrogens is 212 g/mol. The molecule has 0 spiro atoms. The highest BCUT2D eigenvalue weighted by molar-refractivity contribution is 6.63. The molecule has 0 amide bonds. The number of hydrogen-bond acceptors (Lipinski definition) is 2. The molecule has 0 aliphatic heterocycles. The third kappa shape index (κ3) is 3.56. The van der Waals surface area contributed by atoms with Crippen molar-refractivity contribution in [3.63, 3.8) is 0 Å². The molecule has 1 aromatic rings. The zero-order chi connectivity index (χ0) is 11.3. The molecule has 0 saturated heterocycles. The van der Waals surface area contributed by atoms with Crippen molar-refractivity contribution in [1.29, 1.82) is 0 Å². The van der Waals surface area contributed by atoms with Gasteiger partial charge in [0, 0.05) is 5.92 Å². The first-order chi connectivity index (χ1) is 7.15. The van der Waals surface area contributed by atoms with Crippen LogP contribution >= 0.6 is 11.6 Å². The van der Waals surface area contributed by atoms with Gasteiger partial charge in [-0.2, -0.15) is 0 Å². The molecule has 1 unspecified atom stereocenters. The Bertz CT molecular complexity index is 336. The Morgan fingerprint density at radius 1 is 1.47 bits per heavy atom. The maximum absolute atomic E-state index is 10.9. The normalized spacial score (nSPS) is 12.2. The highest BCUT2D eigenvalue weighted by Crippen LogP contribution is 2.22. The summed E-state index contributed by atoms with van der Waals surface area (Å²) >= 11 is 5.43. The van der Waals surface area contributed by atoms with Gasteiger partial charge in [0.1, 0.15) is 5.75 Å². The highest BCUT2D eigenvalue weighted by atomic mass is 35.5. The molecule has 0 radical (unpaired) electrons. The van der Waals surface area contributed by atoms with Crippen molar-refractivity contribution in [2.24, 2.45) is 5.92 Å². The van der Waals surface area contributed by atoms with Gasteiger partial charge in [0.05, 0.1) is 6.61 Å². The van der Waals surface area contributed by atoms with E-state index in [0.29, 0.717) is 13.0 Å². The maximum atomic E-state index is 10.9. The third-order valence-corrected chi connectivity index (χ3v) is 2.56. The lowest BCUT2D eigenvalue weighted by Gasteiger charge is -2.11. The van der Waals surface area contributed by atoms with Crippen LogP contribution in [0.15, 0.2) is 24.3 Å². The first kappa shape index (κ1) is 12.1. The Kier molecular flexibility index (Phi) is 4.63. The van der Waals surface area contributed by atoms with Crippen molar-refractivity contribution in [2.75, 3.05) is 6.61 Å². The summed E-state index contributed by atoms with van der Waals surface area (Å²) in [5, 5.41) is -0.304. The van der Waals surface area contributed by atoms with Crippen LogP contribution in [0.4, 0.5) is 0 Å². The molecule has 1 aromatic carbocycles. The van der Waals surface area contributed by atoms with Crippen LogP contribution in [-0.2, 0) is 11.2 Å². The van der Waals surface area contributed by atoms with E-state index in [1.165, 1.54) is 0 Å². The van der Waals surface area contributed by atoms with Crippen molar-refractivity contribution in [2.45, 2.75) is 20.3 Å². The molecule has 1 rings (SSSR count). The molecule has 0 aliphatic rings. The summed E-state index contributed by atoms with van der Waals surface area (Å²) in [5.74, 6) is 0.665. The Morgan fingerprint density at radius 3 is 2.73 bits per heavy atom. The van der Waals surface area contributed by atoms with E-state index in [4.69, 9.17) is 16.3 Å². The lowest BCUT2D eigenvalue weighted by atomic mass is 10.0. The fraction of sp³-hybridized carbons (Fsp3) is 0.417. The first-order valence-electron chi connectivity index (χ1n) is 5.05. The van der Waals surface area contributed by atoms with Crippen LogP contribution in [0.5, 0.6) is 5.75 Å². The second kappa shape index (κ2) is 5.76. The topological polar surface area (TPSA) is 26.3 Å². The summed E-state index contributed by atoms with van der Waals surface area (Å²) in [7, 11) is 0. The summed E-state index contributed by atoms with van der Waals surface area (Å²) in [6, 6.07) is 7.72. The monoisotopic (exact) mass is 226 g/mol. The molecule has 0 aliphatic carbocycles. The molecule has 3 heteroatoms. The quantitative estimate of drug-likeness (QED) is 0.722. The third-order valence-electron chi connectivity index (χ3n) is 2.19. The second-order valence-electron chi connectivity index (χ2n) is 3.45. The lowest BCUT2D eigenvalue weighted by molar-refractivity contribution is -0.114. The molecule has 0 saturated carbocycles. The Morgan fingerprint density at radius 2 is 2.13 bits per heavy atom. The van der Waals surface area contributed by atoms with E-state index < -0.39 is 0 Å². The van der Waals surface area contributed by atoms with E-state index >= 15 is 0 Å². The van der Waals surface area contributed by atoms with Crippen LogP contribution < -0.4 is 4.74 Å². The molecule has 0 heterocycles. The van der Waals surface area contributed by atoms with E-state index in [0.717, 1.165) is 11.3 Å². The molecular formula is C12H15ClO2. The van der Waals surface area contributed by atoms with Crippen LogP contribution in [0.2, 0.25) is 0 Å². The number of halogens is 1. The van der Waals surface area contributed by atoms with Crippen molar-refractivity contribution < 1.29 is 9.53 Å². The van der Waals surface area contributed by atoms with Gasteiger partial charge in [0.15, 0.2) is 0 Å². The Hall–Kier alpha value is -1.02. The van der Waals surface area contributed by atoms with Gasteiger partial charge in [-0.05, 0) is 36.6 Å². The number of ether oxygens (including phenoxy) is 1. The predicted octanol–water partition coefficient (Wildman–Crippen LogP) is 3.03. The van der Waals surface area contributed by atoms with Crippen molar-refractivity contribution in [3.8, 4) is 5.75 Å². The molecule has 0 N–H and O–H groups in total. The number of hydrogen-bond donors (Lipinski definition) is 0. The first-order valence-corrected chi connectivity index (χ1v) is 5.43. The summed E-state index contributed by atoms with van der Waals surface area (Å²) in [6.45, 7) is 4.38. The van der Waals surface area contributed by atoms with Crippen LogP contribution in [0.3, 0.4) is 0 Å². The fourth-order valence-corrected chi connectivity index (χ4v) is 1.46. The Balaban J connectivity index is 2.79. The fourth-order valence-electron chi connectivity index (χ4n) is 1.38. The van der Waals surface area contributed by atoms with Gasteiger partial charge in [-0.25, -0.2) is 0 Å². The molecule has 1 atom stereocenters. The Labute approximate surface area is 95.2 Å². The van der Waals surface area contributed by atoms with Gasteiger partial charge in [-0.1, -0.05) is 25.1 Å². The van der Waals surface area contributed by atoms with Crippen LogP contribution in [0.1, 0.15) is 19.4 Å². The number of carbonyl (C=O) groups is 1. The average molecular weight is 227 g/mol. The smallest absolute Gasteiger partial charge is 0.224 e. The minimum Gasteiger partial charge on any atom is -0.494 e. The number of carbonyl (C=O) groups excluding carboxylic acids is 1.